The SMILES string of the molecule is COc1ccc(OC)c([C@@H](CCN2CCN(Cc3ccccc3)CC2)Oc2cccc(C(C)C)c2)c1. The zero-order valence-corrected chi connectivity index (χ0v) is 22.2. The Kier molecular flexibility index (Phi) is 9.26. The molecule has 0 aliphatic carbocycles. The van der Waals surface area contributed by atoms with E-state index >= 15 is 0 Å². The van der Waals surface area contributed by atoms with Gasteiger partial charge >= 0.3 is 0 Å². The number of benzene rings is 3. The normalized spacial score (nSPS) is 15.6. The molecule has 0 aromatic heterocycles. The van der Waals surface area contributed by atoms with Gasteiger partial charge in [-0.1, -0.05) is 56.3 Å². The second-order valence-electron chi connectivity index (χ2n) is 9.83. The fourth-order valence-corrected chi connectivity index (χ4v) is 4.79. The van der Waals surface area contributed by atoms with Gasteiger partial charge in [-0.05, 0) is 47.4 Å². The molecule has 0 N–H and O–H groups in total. The summed E-state index contributed by atoms with van der Waals surface area (Å²) in [6.45, 7) is 10.7. The largest absolute Gasteiger partial charge is 0.497 e. The summed E-state index contributed by atoms with van der Waals surface area (Å²) in [5.74, 6) is 2.98. The summed E-state index contributed by atoms with van der Waals surface area (Å²) in [6.07, 6.45) is 0.730. The molecule has 5 heteroatoms. The predicted octanol–water partition coefficient (Wildman–Crippen LogP) is 6.16. The summed E-state index contributed by atoms with van der Waals surface area (Å²) in [7, 11) is 3.41. The van der Waals surface area contributed by atoms with Crippen LogP contribution in [-0.4, -0.2) is 56.7 Å². The lowest BCUT2D eigenvalue weighted by Gasteiger charge is -2.35. The molecule has 36 heavy (non-hydrogen) atoms. The van der Waals surface area contributed by atoms with Crippen LogP contribution in [0.1, 0.15) is 49.0 Å². The first-order chi connectivity index (χ1) is 17.6. The second kappa shape index (κ2) is 12.8. The highest BCUT2D eigenvalue weighted by molar-refractivity contribution is 5.42. The molecule has 0 bridgehead atoms. The monoisotopic (exact) mass is 488 g/mol. The van der Waals surface area contributed by atoms with E-state index in [0.717, 1.165) is 68.5 Å². The predicted molar refractivity (Wildman–Crippen MR) is 146 cm³/mol. The van der Waals surface area contributed by atoms with Crippen molar-refractivity contribution in [3.63, 3.8) is 0 Å². The van der Waals surface area contributed by atoms with Crippen LogP contribution in [0.25, 0.3) is 0 Å². The highest BCUT2D eigenvalue weighted by Crippen LogP contribution is 2.35. The highest BCUT2D eigenvalue weighted by Gasteiger charge is 2.23. The molecule has 1 aliphatic rings. The zero-order chi connectivity index (χ0) is 25.3. The van der Waals surface area contributed by atoms with E-state index in [-0.39, 0.29) is 6.10 Å². The zero-order valence-electron chi connectivity index (χ0n) is 22.2. The van der Waals surface area contributed by atoms with Crippen molar-refractivity contribution in [3.05, 3.63) is 89.5 Å². The van der Waals surface area contributed by atoms with E-state index in [4.69, 9.17) is 14.2 Å². The van der Waals surface area contributed by atoms with Crippen LogP contribution in [0.15, 0.2) is 72.8 Å². The Morgan fingerprint density at radius 2 is 1.50 bits per heavy atom. The van der Waals surface area contributed by atoms with Gasteiger partial charge in [0.2, 0.25) is 0 Å². The van der Waals surface area contributed by atoms with Crippen LogP contribution in [-0.2, 0) is 6.54 Å². The Morgan fingerprint density at radius 3 is 2.19 bits per heavy atom. The lowest BCUT2D eigenvalue weighted by molar-refractivity contribution is 0.106. The first-order valence-electron chi connectivity index (χ1n) is 13.0. The molecule has 1 atom stereocenters. The first kappa shape index (κ1) is 26.1. The first-order valence-corrected chi connectivity index (χ1v) is 13.0. The molecular weight excluding hydrogens is 448 g/mol. The maximum atomic E-state index is 6.65. The summed E-state index contributed by atoms with van der Waals surface area (Å²) in [4.78, 5) is 5.09. The van der Waals surface area contributed by atoms with Crippen LogP contribution < -0.4 is 14.2 Å². The van der Waals surface area contributed by atoms with E-state index < -0.39 is 0 Å². The molecule has 5 nitrogen and oxygen atoms in total. The fraction of sp³-hybridized carbons (Fsp3) is 0.419. The summed E-state index contributed by atoms with van der Waals surface area (Å²) in [5, 5.41) is 0. The van der Waals surface area contributed by atoms with Crippen LogP contribution in [0, 0.1) is 0 Å². The Morgan fingerprint density at radius 1 is 0.750 bits per heavy atom. The quantitative estimate of drug-likeness (QED) is 0.323. The molecule has 0 radical (unpaired) electrons. The number of hydrogen-bond donors (Lipinski definition) is 0. The molecule has 3 aromatic rings. The molecule has 1 fully saturated rings. The van der Waals surface area contributed by atoms with Crippen LogP contribution in [0.4, 0.5) is 0 Å². The molecule has 3 aromatic carbocycles. The van der Waals surface area contributed by atoms with Crippen molar-refractivity contribution in [2.24, 2.45) is 0 Å². The van der Waals surface area contributed by atoms with Crippen molar-refractivity contribution < 1.29 is 14.2 Å². The van der Waals surface area contributed by atoms with Gasteiger partial charge < -0.3 is 19.1 Å². The third-order valence-electron chi connectivity index (χ3n) is 7.01. The van der Waals surface area contributed by atoms with Gasteiger partial charge in [-0.2, -0.15) is 0 Å². The highest BCUT2D eigenvalue weighted by atomic mass is 16.5. The van der Waals surface area contributed by atoms with Gasteiger partial charge in [-0.3, -0.25) is 4.90 Å². The summed E-state index contributed by atoms with van der Waals surface area (Å²) in [6, 6.07) is 25.1. The van der Waals surface area contributed by atoms with Crippen molar-refractivity contribution >= 4 is 0 Å². The van der Waals surface area contributed by atoms with Gasteiger partial charge in [0.05, 0.1) is 14.2 Å². The fourth-order valence-electron chi connectivity index (χ4n) is 4.79. The molecular formula is C31H40N2O3. The summed E-state index contributed by atoms with van der Waals surface area (Å²) >= 11 is 0. The Labute approximate surface area is 216 Å². The topological polar surface area (TPSA) is 34.2 Å². The third kappa shape index (κ3) is 7.02. The van der Waals surface area contributed by atoms with E-state index in [0.29, 0.717) is 5.92 Å². The maximum absolute atomic E-state index is 6.65. The molecule has 1 heterocycles. The van der Waals surface area contributed by atoms with Crippen molar-refractivity contribution in [2.75, 3.05) is 46.9 Å². The van der Waals surface area contributed by atoms with Crippen molar-refractivity contribution in [1.29, 1.82) is 0 Å². The van der Waals surface area contributed by atoms with E-state index in [9.17, 15) is 0 Å². The number of hydrogen-bond acceptors (Lipinski definition) is 5. The minimum Gasteiger partial charge on any atom is -0.497 e. The minimum absolute atomic E-state index is 0.139. The molecule has 1 aliphatic heterocycles. The van der Waals surface area contributed by atoms with Gasteiger partial charge in [-0.15, -0.1) is 0 Å². The Hall–Kier alpha value is -3.02. The summed E-state index contributed by atoms with van der Waals surface area (Å²) in [5.41, 5.74) is 3.68. The molecule has 0 saturated carbocycles. The molecule has 0 spiro atoms. The summed E-state index contributed by atoms with van der Waals surface area (Å²) < 4.78 is 17.9. The van der Waals surface area contributed by atoms with E-state index in [1.165, 1.54) is 11.1 Å². The van der Waals surface area contributed by atoms with Crippen LogP contribution >= 0.6 is 0 Å². The van der Waals surface area contributed by atoms with Gasteiger partial charge in [0, 0.05) is 51.3 Å². The standard InChI is InChI=1S/C31H40N2O3/c1-24(2)26-11-8-12-28(21-26)36-31(29-22-27(34-3)13-14-30(29)35-4)15-16-32-17-19-33(20-18-32)23-25-9-6-5-7-10-25/h5-14,21-22,24,31H,15-20,23H2,1-4H3/t31-/m1/s1. The van der Waals surface area contributed by atoms with Crippen LogP contribution in [0.3, 0.4) is 0 Å². The van der Waals surface area contributed by atoms with Crippen LogP contribution in [0.2, 0.25) is 0 Å². The van der Waals surface area contributed by atoms with Crippen molar-refractivity contribution in [3.8, 4) is 17.2 Å². The van der Waals surface area contributed by atoms with E-state index in [1.54, 1.807) is 14.2 Å². The molecule has 0 unspecified atom stereocenters. The third-order valence-corrected chi connectivity index (χ3v) is 7.01. The van der Waals surface area contributed by atoms with Crippen molar-refractivity contribution in [1.82, 2.24) is 9.80 Å². The number of nitrogens with zero attached hydrogens (tertiary/aromatic N) is 2. The number of ether oxygens (including phenoxy) is 3. The van der Waals surface area contributed by atoms with E-state index in [1.807, 2.05) is 24.3 Å². The molecule has 0 amide bonds. The average molecular weight is 489 g/mol. The number of methoxy groups -OCH3 is 2. The van der Waals surface area contributed by atoms with Crippen LogP contribution in [0.5, 0.6) is 17.2 Å². The molecule has 192 valence electrons. The van der Waals surface area contributed by atoms with E-state index in [2.05, 4.69) is 72.2 Å². The maximum Gasteiger partial charge on any atom is 0.129 e. The number of piperazine rings is 1. The molecule has 4 rings (SSSR count). The minimum atomic E-state index is -0.139. The lowest BCUT2D eigenvalue weighted by Crippen LogP contribution is -2.46. The van der Waals surface area contributed by atoms with Gasteiger partial charge in [0.15, 0.2) is 0 Å². The van der Waals surface area contributed by atoms with Gasteiger partial charge in [0.1, 0.15) is 23.4 Å². The Bertz CT molecular complexity index is 1080. The van der Waals surface area contributed by atoms with Gasteiger partial charge in [0.25, 0.3) is 0 Å². The number of rotatable bonds is 11. The molecule has 1 saturated heterocycles. The average Bonchev–Trinajstić information content (AvgIpc) is 2.92. The van der Waals surface area contributed by atoms with Crippen molar-refractivity contribution in [2.45, 2.75) is 38.8 Å². The Balaban J connectivity index is 1.44. The van der Waals surface area contributed by atoms with Gasteiger partial charge in [-0.25, -0.2) is 0 Å². The second-order valence-corrected chi connectivity index (χ2v) is 9.83. The lowest BCUT2D eigenvalue weighted by atomic mass is 10.0. The smallest absolute Gasteiger partial charge is 0.129 e.